The van der Waals surface area contributed by atoms with Crippen LogP contribution in [0.15, 0.2) is 30.3 Å². The Labute approximate surface area is 96.2 Å². The lowest BCUT2D eigenvalue weighted by Gasteiger charge is -2.23. The van der Waals surface area contributed by atoms with Gasteiger partial charge in [-0.1, -0.05) is 30.3 Å². The number of hydrogen-bond donors (Lipinski definition) is 1. The number of rotatable bonds is 3. The number of aliphatic hydroxyl groups is 1. The molecule has 1 aliphatic carbocycles. The van der Waals surface area contributed by atoms with Gasteiger partial charge in [0.15, 0.2) is 0 Å². The summed E-state index contributed by atoms with van der Waals surface area (Å²) in [5.41, 5.74) is 1.29. The maximum Gasteiger partial charge on any atom is 0.0808 e. The first-order valence-electron chi connectivity index (χ1n) is 6.15. The fraction of sp³-hybridized carbons (Fsp3) is 0.571. The molecule has 1 aromatic carbocycles. The molecular formula is C14H18O2. The van der Waals surface area contributed by atoms with E-state index in [0.29, 0.717) is 11.8 Å². The van der Waals surface area contributed by atoms with Crippen LogP contribution in [0.25, 0.3) is 0 Å². The third kappa shape index (κ3) is 1.48. The SMILES string of the molecule is OC[C@@H]1[C@H]2CCCO[C@@]12Cc1ccccc1. The van der Waals surface area contributed by atoms with E-state index < -0.39 is 0 Å². The van der Waals surface area contributed by atoms with Gasteiger partial charge in [0, 0.05) is 25.6 Å². The van der Waals surface area contributed by atoms with Gasteiger partial charge < -0.3 is 9.84 Å². The normalized spacial score (nSPS) is 36.8. The number of aliphatic hydroxyl groups excluding tert-OH is 1. The number of benzene rings is 1. The molecule has 2 nitrogen and oxygen atoms in total. The first kappa shape index (κ1) is 10.3. The highest BCUT2D eigenvalue weighted by Crippen LogP contribution is 2.59. The number of hydrogen-bond acceptors (Lipinski definition) is 2. The molecular weight excluding hydrogens is 200 g/mol. The van der Waals surface area contributed by atoms with Crippen molar-refractivity contribution in [1.82, 2.24) is 0 Å². The topological polar surface area (TPSA) is 29.5 Å². The van der Waals surface area contributed by atoms with Crippen molar-refractivity contribution >= 4 is 0 Å². The minimum atomic E-state index is -0.0334. The van der Waals surface area contributed by atoms with Gasteiger partial charge in [0.25, 0.3) is 0 Å². The van der Waals surface area contributed by atoms with Crippen LogP contribution in [-0.2, 0) is 11.2 Å². The van der Waals surface area contributed by atoms with Crippen molar-refractivity contribution in [1.29, 1.82) is 0 Å². The molecule has 0 aromatic heterocycles. The smallest absolute Gasteiger partial charge is 0.0808 e. The van der Waals surface area contributed by atoms with Gasteiger partial charge in [-0.05, 0) is 24.3 Å². The summed E-state index contributed by atoms with van der Waals surface area (Å²) in [6.45, 7) is 1.14. The molecule has 3 rings (SSSR count). The van der Waals surface area contributed by atoms with E-state index in [2.05, 4.69) is 24.3 Å². The molecule has 2 heteroatoms. The van der Waals surface area contributed by atoms with Crippen molar-refractivity contribution in [3.8, 4) is 0 Å². The number of fused-ring (bicyclic) bond motifs is 1. The molecule has 0 amide bonds. The Morgan fingerprint density at radius 2 is 2.12 bits per heavy atom. The summed E-state index contributed by atoms with van der Waals surface area (Å²) < 4.78 is 5.99. The minimum absolute atomic E-state index is 0.0334. The van der Waals surface area contributed by atoms with Crippen LogP contribution in [-0.4, -0.2) is 23.9 Å². The molecule has 0 unspecified atom stereocenters. The van der Waals surface area contributed by atoms with E-state index in [1.165, 1.54) is 12.0 Å². The third-order valence-corrected chi connectivity index (χ3v) is 4.18. The second-order valence-electron chi connectivity index (χ2n) is 5.00. The van der Waals surface area contributed by atoms with Crippen LogP contribution in [0.5, 0.6) is 0 Å². The van der Waals surface area contributed by atoms with E-state index in [-0.39, 0.29) is 12.2 Å². The van der Waals surface area contributed by atoms with E-state index in [1.807, 2.05) is 6.07 Å². The lowest BCUT2D eigenvalue weighted by Crippen LogP contribution is -2.27. The van der Waals surface area contributed by atoms with E-state index >= 15 is 0 Å². The van der Waals surface area contributed by atoms with Gasteiger partial charge in [-0.2, -0.15) is 0 Å². The zero-order chi connectivity index (χ0) is 11.0. The summed E-state index contributed by atoms with van der Waals surface area (Å²) in [4.78, 5) is 0. The lowest BCUT2D eigenvalue weighted by atomic mass is 10.0. The third-order valence-electron chi connectivity index (χ3n) is 4.18. The first-order valence-corrected chi connectivity index (χ1v) is 6.15. The fourth-order valence-electron chi connectivity index (χ4n) is 3.31. The van der Waals surface area contributed by atoms with Gasteiger partial charge in [-0.3, -0.25) is 0 Å². The second kappa shape index (κ2) is 3.86. The molecule has 2 aliphatic rings. The summed E-state index contributed by atoms with van der Waals surface area (Å²) in [5, 5.41) is 9.40. The highest BCUT2D eigenvalue weighted by molar-refractivity contribution is 5.25. The van der Waals surface area contributed by atoms with Crippen LogP contribution in [0.1, 0.15) is 18.4 Å². The molecule has 16 heavy (non-hydrogen) atoms. The highest BCUT2D eigenvalue weighted by atomic mass is 16.5. The van der Waals surface area contributed by atoms with E-state index in [4.69, 9.17) is 4.74 Å². The summed E-state index contributed by atoms with van der Waals surface area (Å²) in [5.74, 6) is 0.960. The van der Waals surface area contributed by atoms with Crippen molar-refractivity contribution in [2.75, 3.05) is 13.2 Å². The Balaban J connectivity index is 1.78. The first-order chi connectivity index (χ1) is 7.87. The largest absolute Gasteiger partial charge is 0.396 e. The van der Waals surface area contributed by atoms with Crippen molar-refractivity contribution in [2.24, 2.45) is 11.8 Å². The van der Waals surface area contributed by atoms with Crippen molar-refractivity contribution < 1.29 is 9.84 Å². The van der Waals surface area contributed by atoms with Crippen LogP contribution in [0.4, 0.5) is 0 Å². The quantitative estimate of drug-likeness (QED) is 0.841. The summed E-state index contributed by atoms with van der Waals surface area (Å²) in [6, 6.07) is 10.5. The molecule has 1 aliphatic heterocycles. The molecule has 1 saturated carbocycles. The van der Waals surface area contributed by atoms with Gasteiger partial charge in [-0.15, -0.1) is 0 Å². The predicted octanol–water partition coefficient (Wildman–Crippen LogP) is 2.02. The molecule has 1 aromatic rings. The van der Waals surface area contributed by atoms with E-state index in [1.54, 1.807) is 0 Å². The predicted molar refractivity (Wildman–Crippen MR) is 62.1 cm³/mol. The van der Waals surface area contributed by atoms with Crippen molar-refractivity contribution in [3.63, 3.8) is 0 Å². The van der Waals surface area contributed by atoms with Crippen LogP contribution >= 0.6 is 0 Å². The average Bonchev–Trinajstić information content (AvgIpc) is 2.97. The second-order valence-corrected chi connectivity index (χ2v) is 5.00. The highest BCUT2D eigenvalue weighted by Gasteiger charge is 2.65. The van der Waals surface area contributed by atoms with Crippen LogP contribution in [0.2, 0.25) is 0 Å². The van der Waals surface area contributed by atoms with Gasteiger partial charge in [0.2, 0.25) is 0 Å². The minimum Gasteiger partial charge on any atom is -0.396 e. The maximum absolute atomic E-state index is 9.40. The Bertz CT molecular complexity index is 356. The van der Waals surface area contributed by atoms with E-state index in [0.717, 1.165) is 19.4 Å². The van der Waals surface area contributed by atoms with Gasteiger partial charge in [0.1, 0.15) is 0 Å². The van der Waals surface area contributed by atoms with Crippen LogP contribution < -0.4 is 0 Å². The molecule has 2 fully saturated rings. The van der Waals surface area contributed by atoms with Gasteiger partial charge in [0.05, 0.1) is 5.60 Å². The van der Waals surface area contributed by atoms with E-state index in [9.17, 15) is 5.11 Å². The van der Waals surface area contributed by atoms with Crippen LogP contribution in [0.3, 0.4) is 0 Å². The fourth-order valence-corrected chi connectivity index (χ4v) is 3.31. The molecule has 0 bridgehead atoms. The monoisotopic (exact) mass is 218 g/mol. The standard InChI is InChI=1S/C14H18O2/c15-10-13-12-7-4-8-16-14(12,13)9-11-5-2-1-3-6-11/h1-3,5-6,12-13,15H,4,7-10H2/t12-,13-,14-/m1/s1. The zero-order valence-electron chi connectivity index (χ0n) is 9.43. The summed E-state index contributed by atoms with van der Waals surface area (Å²) in [6.07, 6.45) is 3.33. The molecule has 1 saturated heterocycles. The molecule has 3 atom stereocenters. The zero-order valence-corrected chi connectivity index (χ0v) is 9.43. The summed E-state index contributed by atoms with van der Waals surface area (Å²) >= 11 is 0. The van der Waals surface area contributed by atoms with Crippen molar-refractivity contribution in [2.45, 2.75) is 24.9 Å². The molecule has 86 valence electrons. The molecule has 0 spiro atoms. The maximum atomic E-state index is 9.40. The molecule has 1 N–H and O–H groups in total. The lowest BCUT2D eigenvalue weighted by molar-refractivity contribution is -0.0143. The Hall–Kier alpha value is -0.860. The van der Waals surface area contributed by atoms with Gasteiger partial charge in [-0.25, -0.2) is 0 Å². The average molecular weight is 218 g/mol. The molecule has 0 radical (unpaired) electrons. The van der Waals surface area contributed by atoms with Gasteiger partial charge >= 0.3 is 0 Å². The molecule has 1 heterocycles. The summed E-state index contributed by atoms with van der Waals surface area (Å²) in [7, 11) is 0. The number of ether oxygens (including phenoxy) is 1. The Morgan fingerprint density at radius 3 is 2.88 bits per heavy atom. The Kier molecular flexibility index (Phi) is 2.49. The van der Waals surface area contributed by atoms with Crippen LogP contribution in [0, 0.1) is 11.8 Å². The Morgan fingerprint density at radius 1 is 1.31 bits per heavy atom. The van der Waals surface area contributed by atoms with Crippen molar-refractivity contribution in [3.05, 3.63) is 35.9 Å².